The smallest absolute Gasteiger partial charge is 0.0462 e. The topological polar surface area (TPSA) is 15.8 Å². The normalized spacial score (nSPS) is 21.2. The molecule has 1 N–H and O–H groups in total. The number of fused-ring (bicyclic) bond motifs is 6. The summed E-state index contributed by atoms with van der Waals surface area (Å²) >= 11 is 0. The third kappa shape index (κ3) is 1.39. The Hall–Kier alpha value is -2.28. The van der Waals surface area contributed by atoms with Crippen molar-refractivity contribution in [3.05, 3.63) is 70.9 Å². The summed E-state index contributed by atoms with van der Waals surface area (Å²) in [6, 6.07) is 17.6. The van der Waals surface area contributed by atoms with E-state index in [0.29, 0.717) is 5.92 Å². The standard InChI is InChI=1S/C21H19N/c1-21(2)17-9-5-3-7-13(17)15-11-16-14-8-4-6-10-19(14)22-20(16)12-18(15)21/h3-11,18,22H,12H2,1-2H3. The number of para-hydroxylation sites is 1. The maximum Gasteiger partial charge on any atom is 0.0462 e. The van der Waals surface area contributed by atoms with Crippen LogP contribution in [0.1, 0.15) is 36.2 Å². The maximum atomic E-state index is 3.65. The highest BCUT2D eigenvalue weighted by Gasteiger charge is 2.44. The zero-order valence-corrected chi connectivity index (χ0v) is 13.0. The van der Waals surface area contributed by atoms with E-state index >= 15 is 0 Å². The Kier molecular flexibility index (Phi) is 2.19. The van der Waals surface area contributed by atoms with Gasteiger partial charge in [0.05, 0.1) is 0 Å². The van der Waals surface area contributed by atoms with Crippen molar-refractivity contribution in [3.8, 4) is 0 Å². The van der Waals surface area contributed by atoms with Gasteiger partial charge < -0.3 is 4.98 Å². The summed E-state index contributed by atoms with van der Waals surface area (Å²) in [6.07, 6.45) is 3.55. The van der Waals surface area contributed by atoms with Gasteiger partial charge in [-0.3, -0.25) is 0 Å². The predicted octanol–water partition coefficient (Wildman–Crippen LogP) is 5.17. The van der Waals surface area contributed by atoms with E-state index in [4.69, 9.17) is 0 Å². The molecule has 2 aromatic carbocycles. The minimum absolute atomic E-state index is 0.206. The highest BCUT2D eigenvalue weighted by molar-refractivity contribution is 5.99. The number of hydrogen-bond acceptors (Lipinski definition) is 0. The monoisotopic (exact) mass is 285 g/mol. The molecule has 22 heavy (non-hydrogen) atoms. The average Bonchev–Trinajstić information content (AvgIpc) is 3.00. The number of rotatable bonds is 0. The minimum Gasteiger partial charge on any atom is -0.358 e. The molecule has 5 rings (SSSR count). The summed E-state index contributed by atoms with van der Waals surface area (Å²) in [5.41, 5.74) is 8.74. The molecule has 1 aromatic heterocycles. The second kappa shape index (κ2) is 3.92. The van der Waals surface area contributed by atoms with E-state index in [1.165, 1.54) is 38.9 Å². The van der Waals surface area contributed by atoms with Crippen molar-refractivity contribution < 1.29 is 0 Å². The Balaban J connectivity index is 1.81. The number of aromatic nitrogens is 1. The van der Waals surface area contributed by atoms with Crippen LogP contribution in [0.15, 0.2) is 48.5 Å². The van der Waals surface area contributed by atoms with E-state index in [1.807, 2.05) is 0 Å². The van der Waals surface area contributed by atoms with Gasteiger partial charge in [0.25, 0.3) is 0 Å². The highest BCUT2D eigenvalue weighted by Crippen LogP contribution is 2.54. The van der Waals surface area contributed by atoms with Gasteiger partial charge in [-0.05, 0) is 46.6 Å². The molecule has 1 atom stereocenters. The van der Waals surface area contributed by atoms with Gasteiger partial charge in [-0.1, -0.05) is 56.3 Å². The Morgan fingerprint density at radius 2 is 1.77 bits per heavy atom. The molecule has 0 saturated heterocycles. The second-order valence-corrected chi connectivity index (χ2v) is 7.19. The molecular formula is C21H19N. The van der Waals surface area contributed by atoms with Crippen LogP contribution in [0.4, 0.5) is 0 Å². The largest absolute Gasteiger partial charge is 0.358 e. The van der Waals surface area contributed by atoms with E-state index < -0.39 is 0 Å². The molecule has 3 aromatic rings. The first-order valence-corrected chi connectivity index (χ1v) is 8.07. The second-order valence-electron chi connectivity index (χ2n) is 7.19. The summed E-state index contributed by atoms with van der Waals surface area (Å²) in [5, 5.41) is 1.35. The fourth-order valence-corrected chi connectivity index (χ4v) is 4.51. The Labute approximate surface area is 130 Å². The third-order valence-corrected chi connectivity index (χ3v) is 5.71. The quantitative estimate of drug-likeness (QED) is 0.586. The summed E-state index contributed by atoms with van der Waals surface area (Å²) in [4.78, 5) is 3.65. The highest BCUT2D eigenvalue weighted by atomic mass is 14.7. The Bertz CT molecular complexity index is 939. The first-order chi connectivity index (χ1) is 10.7. The van der Waals surface area contributed by atoms with E-state index in [2.05, 4.69) is 73.4 Å². The molecule has 108 valence electrons. The van der Waals surface area contributed by atoms with Crippen molar-refractivity contribution in [3.63, 3.8) is 0 Å². The number of aromatic amines is 1. The van der Waals surface area contributed by atoms with Crippen molar-refractivity contribution in [2.75, 3.05) is 0 Å². The van der Waals surface area contributed by atoms with Crippen LogP contribution in [0.5, 0.6) is 0 Å². The van der Waals surface area contributed by atoms with Gasteiger partial charge in [0.1, 0.15) is 0 Å². The SMILES string of the molecule is CC1(C)c2ccccc2C2=Cc3c([nH]c4ccccc34)CC21. The first kappa shape index (κ1) is 12.3. The lowest BCUT2D eigenvalue weighted by atomic mass is 9.73. The van der Waals surface area contributed by atoms with Crippen molar-refractivity contribution >= 4 is 22.6 Å². The average molecular weight is 285 g/mol. The van der Waals surface area contributed by atoms with Crippen LogP contribution in [-0.2, 0) is 11.8 Å². The molecule has 0 aliphatic heterocycles. The van der Waals surface area contributed by atoms with E-state index in [0.717, 1.165) is 6.42 Å². The van der Waals surface area contributed by atoms with Gasteiger partial charge in [-0.15, -0.1) is 0 Å². The first-order valence-electron chi connectivity index (χ1n) is 8.07. The predicted molar refractivity (Wildman–Crippen MR) is 92.8 cm³/mol. The Morgan fingerprint density at radius 3 is 2.68 bits per heavy atom. The van der Waals surface area contributed by atoms with Crippen LogP contribution in [0, 0.1) is 5.92 Å². The van der Waals surface area contributed by atoms with Crippen LogP contribution in [0.3, 0.4) is 0 Å². The molecule has 2 aliphatic carbocycles. The van der Waals surface area contributed by atoms with Gasteiger partial charge in [0.15, 0.2) is 0 Å². The lowest BCUT2D eigenvalue weighted by Crippen LogP contribution is -2.27. The molecule has 0 bridgehead atoms. The summed E-state index contributed by atoms with van der Waals surface area (Å²) < 4.78 is 0. The van der Waals surface area contributed by atoms with Gasteiger partial charge in [-0.2, -0.15) is 0 Å². The minimum atomic E-state index is 0.206. The molecule has 1 nitrogen and oxygen atoms in total. The number of hydrogen-bond donors (Lipinski definition) is 1. The molecule has 0 saturated carbocycles. The molecule has 0 spiro atoms. The molecule has 1 unspecified atom stereocenters. The zero-order chi connectivity index (χ0) is 14.9. The molecule has 0 radical (unpaired) electrons. The molecule has 0 fully saturated rings. The van der Waals surface area contributed by atoms with Crippen LogP contribution >= 0.6 is 0 Å². The van der Waals surface area contributed by atoms with Crippen molar-refractivity contribution in [1.29, 1.82) is 0 Å². The molecular weight excluding hydrogens is 266 g/mol. The summed E-state index contributed by atoms with van der Waals surface area (Å²) in [5.74, 6) is 0.575. The number of nitrogens with one attached hydrogen (secondary N) is 1. The van der Waals surface area contributed by atoms with E-state index in [9.17, 15) is 0 Å². The van der Waals surface area contributed by atoms with Crippen LogP contribution in [-0.4, -0.2) is 4.98 Å². The van der Waals surface area contributed by atoms with Gasteiger partial charge >= 0.3 is 0 Å². The lowest BCUT2D eigenvalue weighted by molar-refractivity contribution is 0.407. The lowest BCUT2D eigenvalue weighted by Gasteiger charge is -2.30. The summed E-state index contributed by atoms with van der Waals surface area (Å²) in [6.45, 7) is 4.79. The van der Waals surface area contributed by atoms with Gasteiger partial charge in [0, 0.05) is 22.2 Å². The number of allylic oxidation sites excluding steroid dienone is 1. The van der Waals surface area contributed by atoms with E-state index in [-0.39, 0.29) is 5.41 Å². The molecule has 2 aliphatic rings. The molecule has 1 heterocycles. The van der Waals surface area contributed by atoms with E-state index in [1.54, 1.807) is 0 Å². The van der Waals surface area contributed by atoms with Crippen molar-refractivity contribution in [2.24, 2.45) is 5.92 Å². The van der Waals surface area contributed by atoms with Crippen LogP contribution in [0.2, 0.25) is 0 Å². The fourth-order valence-electron chi connectivity index (χ4n) is 4.51. The molecule has 0 amide bonds. The number of H-pyrrole nitrogens is 1. The van der Waals surface area contributed by atoms with Gasteiger partial charge in [-0.25, -0.2) is 0 Å². The number of benzene rings is 2. The fraction of sp³-hybridized carbons (Fsp3) is 0.238. The van der Waals surface area contributed by atoms with Crippen LogP contribution < -0.4 is 0 Å². The maximum absolute atomic E-state index is 3.65. The summed E-state index contributed by atoms with van der Waals surface area (Å²) in [7, 11) is 0. The van der Waals surface area contributed by atoms with Crippen molar-refractivity contribution in [2.45, 2.75) is 25.7 Å². The van der Waals surface area contributed by atoms with Crippen molar-refractivity contribution in [1.82, 2.24) is 4.98 Å². The van der Waals surface area contributed by atoms with Crippen LogP contribution in [0.25, 0.3) is 22.6 Å². The molecule has 1 heteroatoms. The zero-order valence-electron chi connectivity index (χ0n) is 13.0. The Morgan fingerprint density at radius 1 is 1.00 bits per heavy atom. The third-order valence-electron chi connectivity index (χ3n) is 5.71. The van der Waals surface area contributed by atoms with Gasteiger partial charge in [0.2, 0.25) is 0 Å².